The predicted octanol–water partition coefficient (Wildman–Crippen LogP) is 5.99. The number of aromatic amines is 1. The van der Waals surface area contributed by atoms with Crippen LogP contribution in [0.5, 0.6) is 28.7 Å². The number of rotatable bonds is 9. The minimum atomic E-state index is -0.605. The number of carbonyl (C=O) groups is 1. The molecule has 4 N–H and O–H groups in total. The molecule has 1 aliphatic rings. The van der Waals surface area contributed by atoms with Crippen LogP contribution in [0.3, 0.4) is 0 Å². The van der Waals surface area contributed by atoms with Gasteiger partial charge in [0.05, 0.1) is 20.1 Å². The minimum absolute atomic E-state index is 0.0531. The van der Waals surface area contributed by atoms with Crippen molar-refractivity contribution >= 4 is 27.5 Å². The summed E-state index contributed by atoms with van der Waals surface area (Å²) >= 11 is 0. The number of hydrogen-bond acceptors (Lipinski definition) is 7. The molecule has 5 aromatic rings. The Labute approximate surface area is 236 Å². The number of aliphatic hydroxyl groups excluding tert-OH is 1. The van der Waals surface area contributed by atoms with Crippen LogP contribution in [0.2, 0.25) is 0 Å². The van der Waals surface area contributed by atoms with Crippen molar-refractivity contribution in [3.63, 3.8) is 0 Å². The SMILES string of the molecule is COc1c(O)c(CCc2cccc3c2ccc2[nH]ccc23)c2c(c1OCCCO)C(=O)CC(c1ccc(O)cc1)O2. The third-order valence-corrected chi connectivity index (χ3v) is 7.69. The van der Waals surface area contributed by atoms with Gasteiger partial charge in [0.15, 0.2) is 17.3 Å². The van der Waals surface area contributed by atoms with Gasteiger partial charge in [-0.2, -0.15) is 0 Å². The van der Waals surface area contributed by atoms with E-state index in [4.69, 9.17) is 14.2 Å². The summed E-state index contributed by atoms with van der Waals surface area (Å²) in [4.78, 5) is 16.9. The molecule has 0 amide bonds. The van der Waals surface area contributed by atoms with Gasteiger partial charge in [0.25, 0.3) is 0 Å². The Morgan fingerprint density at radius 2 is 1.78 bits per heavy atom. The van der Waals surface area contributed by atoms with Gasteiger partial charge < -0.3 is 34.5 Å². The molecule has 1 unspecified atom stereocenters. The van der Waals surface area contributed by atoms with Crippen LogP contribution >= 0.6 is 0 Å². The number of benzene rings is 4. The van der Waals surface area contributed by atoms with Crippen molar-refractivity contribution in [1.29, 1.82) is 0 Å². The van der Waals surface area contributed by atoms with E-state index in [0.29, 0.717) is 24.8 Å². The van der Waals surface area contributed by atoms with Gasteiger partial charge in [-0.15, -0.1) is 0 Å². The van der Waals surface area contributed by atoms with E-state index >= 15 is 0 Å². The van der Waals surface area contributed by atoms with Gasteiger partial charge in [-0.1, -0.05) is 36.4 Å². The van der Waals surface area contributed by atoms with E-state index in [2.05, 4.69) is 35.3 Å². The van der Waals surface area contributed by atoms with Gasteiger partial charge >= 0.3 is 0 Å². The molecular weight excluding hydrogens is 522 g/mol. The molecule has 0 fully saturated rings. The highest BCUT2D eigenvalue weighted by Crippen LogP contribution is 2.52. The molecule has 1 atom stereocenters. The Bertz CT molecular complexity index is 1740. The maximum atomic E-state index is 13.7. The summed E-state index contributed by atoms with van der Waals surface area (Å²) in [5.74, 6) is 0.228. The number of fused-ring (bicyclic) bond motifs is 4. The average molecular weight is 554 g/mol. The number of nitrogens with one attached hydrogen (secondary N) is 1. The van der Waals surface area contributed by atoms with E-state index < -0.39 is 6.10 Å². The maximum Gasteiger partial charge on any atom is 0.204 e. The molecular formula is C33H31NO7. The second-order valence-corrected chi connectivity index (χ2v) is 10.2. The standard InChI is InChI=1S/C33H31NO7/c1-39-33-30(38)25(11-8-19-4-2-5-23-22(19)12-13-26-24(23)14-15-34-26)31-29(32(33)40-17-3-16-35)27(37)18-28(41-31)20-6-9-21(36)10-7-20/h2,4-7,9-10,12-15,28,34-36,38H,3,8,11,16-18H2,1H3. The fraction of sp³-hybridized carbons (Fsp3) is 0.242. The zero-order chi connectivity index (χ0) is 28.5. The lowest BCUT2D eigenvalue weighted by Gasteiger charge is -2.30. The number of aliphatic hydroxyl groups is 1. The number of hydrogen-bond donors (Lipinski definition) is 4. The molecule has 210 valence electrons. The number of H-pyrrole nitrogens is 1. The molecule has 0 radical (unpaired) electrons. The van der Waals surface area contributed by atoms with Crippen molar-refractivity contribution in [3.05, 3.63) is 89.1 Å². The Hall–Kier alpha value is -4.69. The first-order valence-electron chi connectivity index (χ1n) is 13.7. The van der Waals surface area contributed by atoms with Crippen molar-refractivity contribution in [2.45, 2.75) is 31.8 Å². The minimum Gasteiger partial charge on any atom is -0.508 e. The van der Waals surface area contributed by atoms with E-state index in [9.17, 15) is 20.1 Å². The highest BCUT2D eigenvalue weighted by Gasteiger charge is 2.37. The van der Waals surface area contributed by atoms with Gasteiger partial charge in [-0.3, -0.25) is 4.79 Å². The summed E-state index contributed by atoms with van der Waals surface area (Å²) in [5.41, 5.74) is 3.58. The molecule has 2 heterocycles. The summed E-state index contributed by atoms with van der Waals surface area (Å²) < 4.78 is 17.9. The van der Waals surface area contributed by atoms with E-state index in [-0.39, 0.29) is 59.7 Å². The molecule has 0 bridgehead atoms. The van der Waals surface area contributed by atoms with Crippen molar-refractivity contribution in [3.8, 4) is 28.7 Å². The second-order valence-electron chi connectivity index (χ2n) is 10.2. The van der Waals surface area contributed by atoms with Crippen LogP contribution in [0.4, 0.5) is 0 Å². The number of aromatic nitrogens is 1. The van der Waals surface area contributed by atoms with Crippen LogP contribution < -0.4 is 14.2 Å². The van der Waals surface area contributed by atoms with Crippen LogP contribution in [0.15, 0.2) is 66.9 Å². The van der Waals surface area contributed by atoms with Crippen molar-refractivity contribution < 1.29 is 34.3 Å². The Morgan fingerprint density at radius 1 is 0.951 bits per heavy atom. The molecule has 0 saturated carbocycles. The van der Waals surface area contributed by atoms with Crippen LogP contribution in [0.1, 0.15) is 46.0 Å². The lowest BCUT2D eigenvalue weighted by atomic mass is 9.90. The van der Waals surface area contributed by atoms with E-state index in [0.717, 1.165) is 32.8 Å². The highest BCUT2D eigenvalue weighted by atomic mass is 16.5. The van der Waals surface area contributed by atoms with E-state index in [1.165, 1.54) is 7.11 Å². The summed E-state index contributed by atoms with van der Waals surface area (Å²) in [6.45, 7) is 0.0540. The molecule has 0 spiro atoms. The Morgan fingerprint density at radius 3 is 2.56 bits per heavy atom. The van der Waals surface area contributed by atoms with Gasteiger partial charge in [0.1, 0.15) is 23.2 Å². The highest BCUT2D eigenvalue weighted by molar-refractivity contribution is 6.07. The molecule has 1 aromatic heterocycles. The number of aromatic hydroxyl groups is 2. The van der Waals surface area contributed by atoms with Crippen molar-refractivity contribution in [1.82, 2.24) is 4.98 Å². The molecule has 6 rings (SSSR count). The number of methoxy groups -OCH3 is 1. The average Bonchev–Trinajstić information content (AvgIpc) is 3.47. The molecule has 1 aliphatic heterocycles. The molecule has 4 aromatic carbocycles. The first kappa shape index (κ1) is 26.5. The topological polar surface area (TPSA) is 121 Å². The van der Waals surface area contributed by atoms with Gasteiger partial charge in [0, 0.05) is 35.7 Å². The molecule has 41 heavy (non-hydrogen) atoms. The quantitative estimate of drug-likeness (QED) is 0.165. The van der Waals surface area contributed by atoms with Gasteiger partial charge in [0.2, 0.25) is 5.75 Å². The Balaban J connectivity index is 1.44. The number of Topliss-reactive ketones (excluding diaryl/α,β-unsaturated/α-hetero) is 1. The zero-order valence-electron chi connectivity index (χ0n) is 22.6. The normalized spacial score (nSPS) is 14.7. The lowest BCUT2D eigenvalue weighted by molar-refractivity contribution is 0.0837. The maximum absolute atomic E-state index is 13.7. The third kappa shape index (κ3) is 4.80. The predicted molar refractivity (Wildman–Crippen MR) is 155 cm³/mol. The second kappa shape index (κ2) is 11.1. The van der Waals surface area contributed by atoms with E-state index in [1.54, 1.807) is 24.3 Å². The van der Waals surface area contributed by atoms with Gasteiger partial charge in [-0.25, -0.2) is 0 Å². The van der Waals surface area contributed by atoms with E-state index in [1.807, 2.05) is 12.3 Å². The Kier molecular flexibility index (Phi) is 7.15. The first-order valence-corrected chi connectivity index (χ1v) is 13.7. The molecule has 8 nitrogen and oxygen atoms in total. The monoisotopic (exact) mass is 553 g/mol. The smallest absolute Gasteiger partial charge is 0.204 e. The van der Waals surface area contributed by atoms with Crippen LogP contribution in [0.25, 0.3) is 21.7 Å². The fourth-order valence-electron chi connectivity index (χ4n) is 5.67. The van der Waals surface area contributed by atoms with Crippen LogP contribution in [-0.4, -0.2) is 46.4 Å². The fourth-order valence-corrected chi connectivity index (χ4v) is 5.67. The summed E-state index contributed by atoms with van der Waals surface area (Å²) in [5, 5.41) is 33.9. The van der Waals surface area contributed by atoms with Crippen molar-refractivity contribution in [2.24, 2.45) is 0 Å². The largest absolute Gasteiger partial charge is 0.508 e. The molecule has 8 heteroatoms. The summed E-state index contributed by atoms with van der Waals surface area (Å²) in [7, 11) is 1.42. The first-order chi connectivity index (χ1) is 20.0. The van der Waals surface area contributed by atoms with Gasteiger partial charge in [-0.05, 0) is 59.0 Å². The number of aryl methyl sites for hydroxylation is 1. The molecule has 0 aliphatic carbocycles. The zero-order valence-corrected chi connectivity index (χ0v) is 22.6. The van der Waals surface area contributed by atoms with Crippen LogP contribution in [-0.2, 0) is 12.8 Å². The summed E-state index contributed by atoms with van der Waals surface area (Å²) in [6, 6.07) is 19.0. The summed E-state index contributed by atoms with van der Waals surface area (Å²) in [6.07, 6.45) is 2.67. The lowest BCUT2D eigenvalue weighted by Crippen LogP contribution is -2.23. The third-order valence-electron chi connectivity index (χ3n) is 7.69. The number of ether oxygens (including phenoxy) is 3. The molecule has 0 saturated heterocycles. The number of carbonyl (C=O) groups excluding carboxylic acids is 1. The van der Waals surface area contributed by atoms with Crippen molar-refractivity contribution in [2.75, 3.05) is 20.3 Å². The van der Waals surface area contributed by atoms with Crippen LogP contribution in [0, 0.1) is 0 Å². The number of phenols is 2. The number of ketones is 1. The number of phenolic OH excluding ortho intramolecular Hbond substituents is 2.